The van der Waals surface area contributed by atoms with Gasteiger partial charge >= 0.3 is 5.97 Å². The fourth-order valence-electron chi connectivity index (χ4n) is 1.73. The van der Waals surface area contributed by atoms with Crippen molar-refractivity contribution in [2.75, 3.05) is 13.2 Å². The lowest BCUT2D eigenvalue weighted by Crippen LogP contribution is -2.04. The molecule has 0 fully saturated rings. The van der Waals surface area contributed by atoms with Gasteiger partial charge in [0, 0.05) is 6.42 Å². The number of halogens is 1. The number of rotatable bonds is 9. The summed E-state index contributed by atoms with van der Waals surface area (Å²) in [5.74, 6) is 0.426. The van der Waals surface area contributed by atoms with Gasteiger partial charge in [0.15, 0.2) is 6.29 Å². The third-order valence-corrected chi connectivity index (χ3v) is 3.33. The van der Waals surface area contributed by atoms with Gasteiger partial charge in [-0.1, -0.05) is 6.07 Å². The zero-order valence-corrected chi connectivity index (χ0v) is 13.1. The summed E-state index contributed by atoms with van der Waals surface area (Å²) in [7, 11) is 0. The second-order valence-corrected chi connectivity index (χ2v) is 5.09. The molecule has 0 aliphatic rings. The number of carbonyl (C=O) groups is 2. The second-order valence-electron chi connectivity index (χ2n) is 4.24. The van der Waals surface area contributed by atoms with Crippen LogP contribution in [0, 0.1) is 0 Å². The van der Waals surface area contributed by atoms with E-state index in [4.69, 9.17) is 9.47 Å². The SMILES string of the molecule is CCOC(=O)CCCCCOc1c(Br)cccc1C=O. The fourth-order valence-corrected chi connectivity index (χ4v) is 2.22. The lowest BCUT2D eigenvalue weighted by molar-refractivity contribution is -0.143. The Kier molecular flexibility index (Phi) is 7.95. The van der Waals surface area contributed by atoms with Gasteiger partial charge in [0.05, 0.1) is 23.2 Å². The Morgan fingerprint density at radius 2 is 2.10 bits per heavy atom. The predicted octanol–water partition coefficient (Wildman–Crippen LogP) is 3.76. The summed E-state index contributed by atoms with van der Waals surface area (Å²) >= 11 is 3.36. The van der Waals surface area contributed by atoms with Crippen molar-refractivity contribution >= 4 is 28.2 Å². The van der Waals surface area contributed by atoms with Crippen LogP contribution in [0.3, 0.4) is 0 Å². The highest BCUT2D eigenvalue weighted by atomic mass is 79.9. The molecular formula is C15H19BrO4. The van der Waals surface area contributed by atoms with E-state index in [-0.39, 0.29) is 5.97 Å². The molecule has 0 aromatic heterocycles. The minimum atomic E-state index is -0.150. The summed E-state index contributed by atoms with van der Waals surface area (Å²) in [6, 6.07) is 5.34. The normalized spacial score (nSPS) is 10.1. The predicted molar refractivity (Wildman–Crippen MR) is 80.1 cm³/mol. The second kappa shape index (κ2) is 9.53. The molecule has 0 unspecified atom stereocenters. The van der Waals surface area contributed by atoms with Crippen LogP contribution < -0.4 is 4.74 Å². The number of unbranched alkanes of at least 4 members (excludes halogenated alkanes) is 2. The van der Waals surface area contributed by atoms with Crippen LogP contribution in [-0.4, -0.2) is 25.5 Å². The molecule has 0 saturated carbocycles. The number of ether oxygens (including phenoxy) is 2. The van der Waals surface area contributed by atoms with Crippen LogP contribution >= 0.6 is 15.9 Å². The van der Waals surface area contributed by atoms with E-state index in [0.29, 0.717) is 30.9 Å². The van der Waals surface area contributed by atoms with Gasteiger partial charge in [0.25, 0.3) is 0 Å². The third kappa shape index (κ3) is 5.74. The average Bonchev–Trinajstić information content (AvgIpc) is 2.44. The molecule has 5 heteroatoms. The van der Waals surface area contributed by atoms with E-state index in [1.807, 2.05) is 6.07 Å². The molecule has 1 aromatic rings. The zero-order valence-electron chi connectivity index (χ0n) is 11.6. The summed E-state index contributed by atoms with van der Waals surface area (Å²) in [6.07, 6.45) is 3.74. The molecule has 0 heterocycles. The number of carbonyl (C=O) groups excluding carboxylic acids is 2. The van der Waals surface area contributed by atoms with Crippen molar-refractivity contribution in [2.24, 2.45) is 0 Å². The highest BCUT2D eigenvalue weighted by Gasteiger charge is 2.07. The van der Waals surface area contributed by atoms with Gasteiger partial charge in [0.1, 0.15) is 5.75 Å². The van der Waals surface area contributed by atoms with Gasteiger partial charge in [0.2, 0.25) is 0 Å². The number of para-hydroxylation sites is 1. The maximum absolute atomic E-state index is 11.1. The largest absolute Gasteiger partial charge is 0.492 e. The highest BCUT2D eigenvalue weighted by molar-refractivity contribution is 9.10. The first-order valence-electron chi connectivity index (χ1n) is 6.71. The molecule has 20 heavy (non-hydrogen) atoms. The quantitative estimate of drug-likeness (QED) is 0.389. The van der Waals surface area contributed by atoms with Gasteiger partial charge in [-0.25, -0.2) is 0 Å². The molecule has 1 aromatic carbocycles. The Hall–Kier alpha value is -1.36. The van der Waals surface area contributed by atoms with Crippen molar-refractivity contribution in [1.82, 2.24) is 0 Å². The number of hydrogen-bond donors (Lipinski definition) is 0. The van der Waals surface area contributed by atoms with Gasteiger partial charge in [-0.2, -0.15) is 0 Å². The molecule has 0 bridgehead atoms. The van der Waals surface area contributed by atoms with Crippen LogP contribution in [0.5, 0.6) is 5.75 Å². The van der Waals surface area contributed by atoms with E-state index in [0.717, 1.165) is 30.0 Å². The number of hydrogen-bond acceptors (Lipinski definition) is 4. The molecule has 0 aliphatic heterocycles. The summed E-state index contributed by atoms with van der Waals surface area (Å²) in [4.78, 5) is 22.0. The first-order chi connectivity index (χ1) is 9.69. The van der Waals surface area contributed by atoms with E-state index in [1.165, 1.54) is 0 Å². The molecule has 0 amide bonds. The van der Waals surface area contributed by atoms with Crippen LogP contribution in [0.4, 0.5) is 0 Å². The van der Waals surface area contributed by atoms with E-state index < -0.39 is 0 Å². The summed E-state index contributed by atoms with van der Waals surface area (Å²) < 4.78 is 11.2. The Morgan fingerprint density at radius 3 is 2.80 bits per heavy atom. The first kappa shape index (κ1) is 16.7. The first-order valence-corrected chi connectivity index (χ1v) is 7.50. The fraction of sp³-hybridized carbons (Fsp3) is 0.467. The van der Waals surface area contributed by atoms with Crippen LogP contribution in [0.25, 0.3) is 0 Å². The molecular weight excluding hydrogens is 324 g/mol. The molecule has 0 N–H and O–H groups in total. The number of aldehydes is 1. The van der Waals surface area contributed by atoms with Gasteiger partial charge < -0.3 is 9.47 Å². The zero-order chi connectivity index (χ0) is 14.8. The van der Waals surface area contributed by atoms with Crippen LogP contribution in [-0.2, 0) is 9.53 Å². The van der Waals surface area contributed by atoms with Gasteiger partial charge in [-0.05, 0) is 54.2 Å². The maximum Gasteiger partial charge on any atom is 0.305 e. The Balaban J connectivity index is 2.25. The Labute approximate surface area is 127 Å². The van der Waals surface area contributed by atoms with Crippen molar-refractivity contribution in [3.63, 3.8) is 0 Å². The summed E-state index contributed by atoms with van der Waals surface area (Å²) in [6.45, 7) is 2.75. The summed E-state index contributed by atoms with van der Waals surface area (Å²) in [5, 5.41) is 0. The molecule has 0 radical (unpaired) electrons. The van der Waals surface area contributed by atoms with E-state index in [1.54, 1.807) is 19.1 Å². The van der Waals surface area contributed by atoms with Crippen LogP contribution in [0.1, 0.15) is 43.0 Å². The van der Waals surface area contributed by atoms with Gasteiger partial charge in [-0.15, -0.1) is 0 Å². The molecule has 110 valence electrons. The molecule has 0 aliphatic carbocycles. The molecule has 0 saturated heterocycles. The maximum atomic E-state index is 11.1. The molecule has 0 atom stereocenters. The van der Waals surface area contributed by atoms with Crippen LogP contribution in [0.2, 0.25) is 0 Å². The van der Waals surface area contributed by atoms with E-state index in [2.05, 4.69) is 15.9 Å². The lowest BCUT2D eigenvalue weighted by atomic mass is 10.2. The number of esters is 1. The highest BCUT2D eigenvalue weighted by Crippen LogP contribution is 2.28. The van der Waals surface area contributed by atoms with Crippen molar-refractivity contribution in [2.45, 2.75) is 32.6 Å². The molecule has 4 nitrogen and oxygen atoms in total. The molecule has 1 rings (SSSR count). The monoisotopic (exact) mass is 342 g/mol. The lowest BCUT2D eigenvalue weighted by Gasteiger charge is -2.10. The van der Waals surface area contributed by atoms with Crippen molar-refractivity contribution < 1.29 is 19.1 Å². The smallest absolute Gasteiger partial charge is 0.305 e. The van der Waals surface area contributed by atoms with E-state index in [9.17, 15) is 9.59 Å². The van der Waals surface area contributed by atoms with Gasteiger partial charge in [-0.3, -0.25) is 9.59 Å². The van der Waals surface area contributed by atoms with Crippen molar-refractivity contribution in [1.29, 1.82) is 0 Å². The topological polar surface area (TPSA) is 52.6 Å². The summed E-state index contributed by atoms with van der Waals surface area (Å²) in [5.41, 5.74) is 0.533. The molecule has 0 spiro atoms. The Morgan fingerprint density at radius 1 is 1.30 bits per heavy atom. The van der Waals surface area contributed by atoms with E-state index >= 15 is 0 Å². The van der Waals surface area contributed by atoms with Crippen molar-refractivity contribution in [3.05, 3.63) is 28.2 Å². The minimum absolute atomic E-state index is 0.150. The number of benzene rings is 1. The van der Waals surface area contributed by atoms with Crippen molar-refractivity contribution in [3.8, 4) is 5.75 Å². The average molecular weight is 343 g/mol. The standard InChI is InChI=1S/C15H19BrO4/c1-2-19-14(18)9-4-3-5-10-20-15-12(11-17)7-6-8-13(15)16/h6-8,11H,2-5,9-10H2,1H3. The van der Waals surface area contributed by atoms with Crippen LogP contribution in [0.15, 0.2) is 22.7 Å². The Bertz CT molecular complexity index is 445. The minimum Gasteiger partial charge on any atom is -0.492 e. The third-order valence-electron chi connectivity index (χ3n) is 2.70.